The molecule has 1 aliphatic heterocycles. The highest BCUT2D eigenvalue weighted by molar-refractivity contribution is 6.18. The molecule has 5 nitrogen and oxygen atoms in total. The molecule has 0 saturated carbocycles. The van der Waals surface area contributed by atoms with Crippen LogP contribution in [0.25, 0.3) is 88.6 Å². The lowest BCUT2D eigenvalue weighted by Crippen LogP contribution is -2.25. The molecule has 72 heavy (non-hydrogen) atoms. The highest BCUT2D eigenvalue weighted by Crippen LogP contribution is 2.50. The number of furan rings is 1. The molecule has 10 aromatic carbocycles. The van der Waals surface area contributed by atoms with Gasteiger partial charge in [-0.25, -0.2) is 0 Å². The SMILES string of the molecule is c1ccc(-c2ccc(N(c3cc(-c4cccc5c4N(c4ccccc4)CCC5)c4c5ccccc5n(-c5ccccc5)c4c3)c3ccc(-c4ccc5c6ccccc6n(-c6ccccc6)c5c4)o3)cc2)cc1. The molecule has 4 heterocycles. The van der Waals surface area contributed by atoms with Crippen LogP contribution in [-0.4, -0.2) is 15.7 Å². The molecule has 14 rings (SSSR count). The number of hydrogen-bond acceptors (Lipinski definition) is 3. The van der Waals surface area contributed by atoms with E-state index in [4.69, 9.17) is 4.42 Å². The second-order valence-corrected chi connectivity index (χ2v) is 18.8. The van der Waals surface area contributed by atoms with Gasteiger partial charge in [-0.15, -0.1) is 0 Å². The summed E-state index contributed by atoms with van der Waals surface area (Å²) < 4.78 is 12.0. The number of nitrogens with zero attached hydrogens (tertiary/aromatic N) is 4. The van der Waals surface area contributed by atoms with Crippen molar-refractivity contribution >= 4 is 72.2 Å². The predicted molar refractivity (Wildman–Crippen MR) is 300 cm³/mol. The lowest BCUT2D eigenvalue weighted by Gasteiger charge is -2.34. The van der Waals surface area contributed by atoms with Crippen molar-refractivity contribution in [3.8, 4) is 45.0 Å². The van der Waals surface area contributed by atoms with Gasteiger partial charge in [-0.3, -0.25) is 4.90 Å². The van der Waals surface area contributed by atoms with E-state index < -0.39 is 0 Å². The fourth-order valence-corrected chi connectivity index (χ4v) is 11.4. The van der Waals surface area contributed by atoms with Gasteiger partial charge in [0.1, 0.15) is 5.76 Å². The predicted octanol–water partition coefficient (Wildman–Crippen LogP) is 18.0. The van der Waals surface area contributed by atoms with Crippen LogP contribution in [0.3, 0.4) is 0 Å². The van der Waals surface area contributed by atoms with Crippen LogP contribution < -0.4 is 9.80 Å². The van der Waals surface area contributed by atoms with E-state index in [1.165, 1.54) is 60.7 Å². The van der Waals surface area contributed by atoms with Gasteiger partial charge in [-0.1, -0.05) is 164 Å². The first-order chi connectivity index (χ1) is 35.7. The van der Waals surface area contributed by atoms with Crippen molar-refractivity contribution in [2.75, 3.05) is 16.3 Å². The Morgan fingerprint density at radius 3 is 1.68 bits per heavy atom. The molecule has 0 saturated heterocycles. The summed E-state index contributed by atoms with van der Waals surface area (Å²) in [6.07, 6.45) is 2.11. The molecule has 5 heteroatoms. The number of hydrogen-bond donors (Lipinski definition) is 0. The lowest BCUT2D eigenvalue weighted by molar-refractivity contribution is 0.588. The van der Waals surface area contributed by atoms with Gasteiger partial charge in [0.25, 0.3) is 0 Å². The topological polar surface area (TPSA) is 29.5 Å². The van der Waals surface area contributed by atoms with Crippen molar-refractivity contribution in [1.29, 1.82) is 0 Å². The number of rotatable bonds is 9. The average Bonchev–Trinajstić information content (AvgIpc) is 4.17. The number of para-hydroxylation sites is 6. The first-order valence-electron chi connectivity index (χ1n) is 25.0. The third-order valence-electron chi connectivity index (χ3n) is 14.6. The Balaban J connectivity index is 1.02. The fourth-order valence-electron chi connectivity index (χ4n) is 11.4. The maximum Gasteiger partial charge on any atom is 0.205 e. The van der Waals surface area contributed by atoms with Crippen molar-refractivity contribution in [3.05, 3.63) is 260 Å². The molecule has 13 aromatic rings. The quantitative estimate of drug-likeness (QED) is 0.144. The van der Waals surface area contributed by atoms with E-state index in [1.807, 2.05) is 0 Å². The number of anilines is 5. The molecule has 0 fully saturated rings. The minimum Gasteiger partial charge on any atom is -0.440 e. The van der Waals surface area contributed by atoms with Gasteiger partial charge in [0, 0.05) is 68.0 Å². The number of aromatic nitrogens is 2. The monoisotopic (exact) mass is 924 g/mol. The zero-order chi connectivity index (χ0) is 47.5. The molecule has 0 spiro atoms. The summed E-state index contributed by atoms with van der Waals surface area (Å²) in [7, 11) is 0. The second-order valence-electron chi connectivity index (χ2n) is 18.8. The van der Waals surface area contributed by atoms with Crippen molar-refractivity contribution in [1.82, 2.24) is 9.13 Å². The van der Waals surface area contributed by atoms with E-state index in [1.54, 1.807) is 0 Å². The Kier molecular flexibility index (Phi) is 9.99. The van der Waals surface area contributed by atoms with Crippen LogP contribution in [0.2, 0.25) is 0 Å². The van der Waals surface area contributed by atoms with Crippen molar-refractivity contribution in [2.45, 2.75) is 12.8 Å². The molecule has 0 bridgehead atoms. The minimum absolute atomic E-state index is 0.717. The number of fused-ring (bicyclic) bond motifs is 7. The maximum atomic E-state index is 7.22. The summed E-state index contributed by atoms with van der Waals surface area (Å²) >= 11 is 0. The van der Waals surface area contributed by atoms with Crippen LogP contribution in [0, 0.1) is 0 Å². The van der Waals surface area contributed by atoms with E-state index >= 15 is 0 Å². The lowest BCUT2D eigenvalue weighted by atomic mass is 9.90. The van der Waals surface area contributed by atoms with Crippen LogP contribution in [0.15, 0.2) is 259 Å². The molecule has 0 N–H and O–H groups in total. The third kappa shape index (κ3) is 6.92. The summed E-state index contributed by atoms with van der Waals surface area (Å²) in [5, 5.41) is 4.85. The number of aryl methyl sites for hydroxylation is 1. The Labute approximate surface area is 418 Å². The maximum absolute atomic E-state index is 7.22. The number of benzene rings is 10. The Bertz CT molecular complexity index is 4120. The normalized spacial score (nSPS) is 12.5. The largest absolute Gasteiger partial charge is 0.440 e. The molecule has 3 aromatic heterocycles. The third-order valence-corrected chi connectivity index (χ3v) is 14.6. The van der Waals surface area contributed by atoms with Gasteiger partial charge in [0.15, 0.2) is 0 Å². The molecule has 0 amide bonds. The van der Waals surface area contributed by atoms with E-state index in [0.717, 1.165) is 81.5 Å². The molecular weight excluding hydrogens is 877 g/mol. The second kappa shape index (κ2) is 17.3. The zero-order valence-electron chi connectivity index (χ0n) is 39.6. The van der Waals surface area contributed by atoms with E-state index in [-0.39, 0.29) is 0 Å². The van der Waals surface area contributed by atoms with Gasteiger partial charge in [-0.2, -0.15) is 0 Å². The first kappa shape index (κ1) is 41.6. The highest BCUT2D eigenvalue weighted by atomic mass is 16.4. The van der Waals surface area contributed by atoms with Gasteiger partial charge in [0.2, 0.25) is 5.88 Å². The summed E-state index contributed by atoms with van der Waals surface area (Å²) in [5.41, 5.74) is 18.3. The van der Waals surface area contributed by atoms with E-state index in [0.29, 0.717) is 0 Å². The fraction of sp³-hybridized carbons (Fsp3) is 0.0448. The van der Waals surface area contributed by atoms with Crippen molar-refractivity contribution in [2.24, 2.45) is 0 Å². The Morgan fingerprint density at radius 2 is 0.958 bits per heavy atom. The smallest absolute Gasteiger partial charge is 0.205 e. The van der Waals surface area contributed by atoms with Crippen LogP contribution in [0.1, 0.15) is 12.0 Å². The molecule has 0 atom stereocenters. The molecule has 1 aliphatic rings. The Morgan fingerprint density at radius 1 is 0.375 bits per heavy atom. The van der Waals surface area contributed by atoms with E-state index in [2.05, 4.69) is 274 Å². The minimum atomic E-state index is 0.717. The van der Waals surface area contributed by atoms with Gasteiger partial charge in [-0.05, 0) is 120 Å². The van der Waals surface area contributed by atoms with Crippen LogP contribution >= 0.6 is 0 Å². The average molecular weight is 925 g/mol. The first-order valence-corrected chi connectivity index (χ1v) is 25.0. The molecule has 0 radical (unpaired) electrons. The van der Waals surface area contributed by atoms with Crippen LogP contribution in [0.4, 0.5) is 28.6 Å². The van der Waals surface area contributed by atoms with Crippen molar-refractivity contribution in [3.63, 3.8) is 0 Å². The summed E-state index contributed by atoms with van der Waals surface area (Å²) in [5.74, 6) is 1.51. The molecule has 342 valence electrons. The zero-order valence-corrected chi connectivity index (χ0v) is 39.6. The summed E-state index contributed by atoms with van der Waals surface area (Å²) in [4.78, 5) is 4.84. The van der Waals surface area contributed by atoms with Gasteiger partial charge in [0.05, 0.1) is 33.4 Å². The summed E-state index contributed by atoms with van der Waals surface area (Å²) in [6, 6.07) is 92.1. The molecule has 0 unspecified atom stereocenters. The van der Waals surface area contributed by atoms with Gasteiger partial charge < -0.3 is 18.5 Å². The van der Waals surface area contributed by atoms with Crippen LogP contribution in [0.5, 0.6) is 0 Å². The van der Waals surface area contributed by atoms with Crippen molar-refractivity contribution < 1.29 is 4.42 Å². The van der Waals surface area contributed by atoms with E-state index in [9.17, 15) is 0 Å². The standard InChI is InChI=1S/C67H48N4O/c1-5-19-46(20-6-1)47-34-37-53(38-35-47)69(65-41-40-64(72-65)49-36-39-56-55-29-13-15-32-60(55)70(62(56)43-49)51-25-9-3-10-26-51)54-44-59(57-31-17-21-48-22-18-42-68(67(48)57)50-23-7-2-8-24-50)66-58-30-14-16-33-61(58)71(63(66)45-54)52-27-11-4-12-28-52/h1-17,19-21,23-41,43-45H,18,22,42H2. The highest BCUT2D eigenvalue weighted by Gasteiger charge is 2.28. The molecule has 0 aliphatic carbocycles. The van der Waals surface area contributed by atoms with Gasteiger partial charge >= 0.3 is 0 Å². The summed E-state index contributed by atoms with van der Waals surface area (Å²) in [6.45, 7) is 0.940. The Hall–Kier alpha value is -9.32. The van der Waals surface area contributed by atoms with Crippen LogP contribution in [-0.2, 0) is 6.42 Å². The molecular formula is C67H48N4O.